The van der Waals surface area contributed by atoms with E-state index in [-0.39, 0.29) is 16.9 Å². The topological polar surface area (TPSA) is 67.1 Å². The predicted molar refractivity (Wildman–Crippen MR) is 102 cm³/mol. The normalized spacial score (nSPS) is 16.8. The van der Waals surface area contributed by atoms with Crippen molar-refractivity contribution in [2.24, 2.45) is 0 Å². The molecular formula is C18H14BrN3O2S. The Morgan fingerprint density at radius 2 is 2.04 bits per heavy atom. The van der Waals surface area contributed by atoms with Gasteiger partial charge in [-0.1, -0.05) is 28.1 Å². The molecule has 0 saturated carbocycles. The largest absolute Gasteiger partial charge is 0.508 e. The number of phenolic OH excluding ortho intramolecular Hbond substituents is 1. The molecule has 2 aromatic carbocycles. The van der Waals surface area contributed by atoms with Crippen LogP contribution in [0.25, 0.3) is 5.69 Å². The summed E-state index contributed by atoms with van der Waals surface area (Å²) in [4.78, 5) is 16.5. The molecule has 2 N–H and O–H groups in total. The molecule has 4 rings (SSSR count). The van der Waals surface area contributed by atoms with E-state index in [1.165, 1.54) is 11.8 Å². The second-order valence-corrected chi connectivity index (χ2v) is 7.67. The number of benzene rings is 2. The Morgan fingerprint density at radius 1 is 1.24 bits per heavy atom. The van der Waals surface area contributed by atoms with Gasteiger partial charge in [0.1, 0.15) is 12.1 Å². The number of hydrogen-bond acceptors (Lipinski definition) is 4. The zero-order valence-electron chi connectivity index (χ0n) is 13.0. The van der Waals surface area contributed by atoms with E-state index in [1.54, 1.807) is 18.5 Å². The number of nitrogens with zero attached hydrogens (tertiary/aromatic N) is 2. The molecule has 0 bridgehead atoms. The van der Waals surface area contributed by atoms with Gasteiger partial charge in [0.25, 0.3) is 0 Å². The fourth-order valence-corrected chi connectivity index (χ4v) is 4.24. The van der Waals surface area contributed by atoms with Crippen molar-refractivity contribution in [1.82, 2.24) is 9.55 Å². The fourth-order valence-electron chi connectivity index (χ4n) is 2.86. The Hall–Kier alpha value is -2.25. The minimum absolute atomic E-state index is 0.0741. The molecule has 25 heavy (non-hydrogen) atoms. The Kier molecular flexibility index (Phi) is 4.27. The number of hydrogen-bond donors (Lipinski definition) is 2. The number of nitrogens with one attached hydrogen (secondary N) is 1. The van der Waals surface area contributed by atoms with Crippen LogP contribution in [-0.2, 0) is 4.79 Å². The monoisotopic (exact) mass is 415 g/mol. The van der Waals surface area contributed by atoms with Crippen molar-refractivity contribution in [3.8, 4) is 11.4 Å². The molecule has 5 nitrogen and oxygen atoms in total. The number of carbonyl (C=O) groups excluding carboxylic acids is 1. The molecule has 2 heterocycles. The molecule has 1 amide bonds. The standard InChI is InChI=1S/C18H14BrN3O2S/c19-12-4-6-13(7-5-12)22-10-20-18-16(22)17(25-9-15(24)21-18)11-2-1-3-14(23)8-11/h1-8,10,17,23H,9H2,(H,21,24)/t17-/m1/s1. The van der Waals surface area contributed by atoms with Gasteiger partial charge in [0.15, 0.2) is 5.82 Å². The van der Waals surface area contributed by atoms with Gasteiger partial charge in [-0.05, 0) is 42.0 Å². The van der Waals surface area contributed by atoms with Crippen molar-refractivity contribution in [3.63, 3.8) is 0 Å². The highest BCUT2D eigenvalue weighted by Crippen LogP contribution is 2.42. The van der Waals surface area contributed by atoms with E-state index in [0.29, 0.717) is 11.6 Å². The Bertz CT molecular complexity index is 940. The van der Waals surface area contributed by atoms with Gasteiger partial charge >= 0.3 is 0 Å². The van der Waals surface area contributed by atoms with Gasteiger partial charge in [-0.25, -0.2) is 4.98 Å². The summed E-state index contributed by atoms with van der Waals surface area (Å²) in [5.74, 6) is 1.02. The van der Waals surface area contributed by atoms with Gasteiger partial charge in [-0.15, -0.1) is 11.8 Å². The number of aromatic hydroxyl groups is 1. The van der Waals surface area contributed by atoms with E-state index in [9.17, 15) is 9.90 Å². The van der Waals surface area contributed by atoms with E-state index in [1.807, 2.05) is 41.0 Å². The van der Waals surface area contributed by atoms with Crippen molar-refractivity contribution in [2.75, 3.05) is 11.1 Å². The van der Waals surface area contributed by atoms with Gasteiger partial charge in [0.2, 0.25) is 5.91 Å². The van der Waals surface area contributed by atoms with E-state index in [0.717, 1.165) is 21.4 Å². The van der Waals surface area contributed by atoms with Crippen LogP contribution in [0.15, 0.2) is 59.3 Å². The summed E-state index contributed by atoms with van der Waals surface area (Å²) in [5, 5.41) is 12.6. The molecule has 3 aromatic rings. The fraction of sp³-hybridized carbons (Fsp3) is 0.111. The highest BCUT2D eigenvalue weighted by atomic mass is 79.9. The zero-order chi connectivity index (χ0) is 17.4. The van der Waals surface area contributed by atoms with Gasteiger partial charge < -0.3 is 10.4 Å². The minimum Gasteiger partial charge on any atom is -0.508 e. The number of phenols is 1. The first-order valence-electron chi connectivity index (χ1n) is 7.65. The summed E-state index contributed by atoms with van der Waals surface area (Å²) in [5.41, 5.74) is 2.78. The third kappa shape index (κ3) is 3.17. The van der Waals surface area contributed by atoms with Crippen molar-refractivity contribution in [2.45, 2.75) is 5.25 Å². The molecule has 0 aliphatic carbocycles. The van der Waals surface area contributed by atoms with Crippen LogP contribution in [0, 0.1) is 0 Å². The summed E-state index contributed by atoms with van der Waals surface area (Å²) in [6.45, 7) is 0. The average molecular weight is 416 g/mol. The number of imidazole rings is 1. The van der Waals surface area contributed by atoms with Crippen LogP contribution in [0.1, 0.15) is 16.5 Å². The lowest BCUT2D eigenvalue weighted by Gasteiger charge is -2.18. The summed E-state index contributed by atoms with van der Waals surface area (Å²) < 4.78 is 2.98. The molecule has 0 saturated heterocycles. The molecule has 0 spiro atoms. The molecule has 0 radical (unpaired) electrons. The Balaban J connectivity index is 1.88. The molecule has 0 unspecified atom stereocenters. The van der Waals surface area contributed by atoms with Crippen LogP contribution in [0.2, 0.25) is 0 Å². The summed E-state index contributed by atoms with van der Waals surface area (Å²) in [6.07, 6.45) is 1.72. The van der Waals surface area contributed by atoms with Crippen LogP contribution in [-0.4, -0.2) is 26.3 Å². The molecule has 1 aliphatic heterocycles. The van der Waals surface area contributed by atoms with Gasteiger partial charge in [-0.3, -0.25) is 9.36 Å². The lowest BCUT2D eigenvalue weighted by molar-refractivity contribution is -0.113. The van der Waals surface area contributed by atoms with E-state index in [2.05, 4.69) is 26.2 Å². The molecule has 1 aliphatic rings. The number of halogens is 1. The van der Waals surface area contributed by atoms with Crippen LogP contribution in [0.4, 0.5) is 5.82 Å². The predicted octanol–water partition coefficient (Wildman–Crippen LogP) is 4.12. The number of thioether (sulfide) groups is 1. The lowest BCUT2D eigenvalue weighted by Crippen LogP contribution is -2.12. The first kappa shape index (κ1) is 16.2. The summed E-state index contributed by atoms with van der Waals surface area (Å²) >= 11 is 4.97. The van der Waals surface area contributed by atoms with Crippen molar-refractivity contribution >= 4 is 39.4 Å². The first-order chi connectivity index (χ1) is 12.1. The molecule has 7 heteroatoms. The maximum Gasteiger partial charge on any atom is 0.235 e. The number of carbonyl (C=O) groups is 1. The minimum atomic E-state index is -0.118. The number of rotatable bonds is 2. The van der Waals surface area contributed by atoms with Crippen LogP contribution in [0.3, 0.4) is 0 Å². The summed E-state index contributed by atoms with van der Waals surface area (Å²) in [7, 11) is 0. The molecule has 0 fully saturated rings. The van der Waals surface area contributed by atoms with Crippen molar-refractivity contribution in [1.29, 1.82) is 0 Å². The van der Waals surface area contributed by atoms with Crippen molar-refractivity contribution < 1.29 is 9.90 Å². The maximum atomic E-state index is 12.0. The molecule has 1 atom stereocenters. The number of amides is 1. The number of fused-ring (bicyclic) bond motifs is 1. The second-order valence-electron chi connectivity index (χ2n) is 5.66. The third-order valence-electron chi connectivity index (χ3n) is 3.97. The highest BCUT2D eigenvalue weighted by Gasteiger charge is 2.29. The van der Waals surface area contributed by atoms with E-state index in [4.69, 9.17) is 0 Å². The highest BCUT2D eigenvalue weighted by molar-refractivity contribution is 9.10. The van der Waals surface area contributed by atoms with Crippen LogP contribution >= 0.6 is 27.7 Å². The van der Waals surface area contributed by atoms with Gasteiger partial charge in [0, 0.05) is 10.2 Å². The molecular weight excluding hydrogens is 402 g/mol. The Labute approximate surface area is 157 Å². The zero-order valence-corrected chi connectivity index (χ0v) is 15.4. The summed E-state index contributed by atoms with van der Waals surface area (Å²) in [6, 6.07) is 15.0. The van der Waals surface area contributed by atoms with Gasteiger partial charge in [0.05, 0.1) is 16.7 Å². The maximum absolute atomic E-state index is 12.0. The molecule has 126 valence electrons. The van der Waals surface area contributed by atoms with Crippen LogP contribution < -0.4 is 5.32 Å². The first-order valence-corrected chi connectivity index (χ1v) is 9.49. The van der Waals surface area contributed by atoms with Crippen molar-refractivity contribution in [3.05, 3.63) is 70.6 Å². The second kappa shape index (κ2) is 6.57. The third-order valence-corrected chi connectivity index (χ3v) is 5.76. The lowest BCUT2D eigenvalue weighted by atomic mass is 10.1. The number of anilines is 1. The van der Waals surface area contributed by atoms with E-state index < -0.39 is 0 Å². The number of aromatic nitrogens is 2. The SMILES string of the molecule is O=C1CS[C@H](c2cccc(O)c2)c2c(ncn2-c2ccc(Br)cc2)N1. The Morgan fingerprint density at radius 3 is 2.80 bits per heavy atom. The molecule has 1 aromatic heterocycles. The van der Waals surface area contributed by atoms with E-state index >= 15 is 0 Å². The smallest absolute Gasteiger partial charge is 0.235 e. The van der Waals surface area contributed by atoms with Crippen LogP contribution in [0.5, 0.6) is 5.75 Å². The average Bonchev–Trinajstić information content (AvgIpc) is 2.91. The van der Waals surface area contributed by atoms with Gasteiger partial charge in [-0.2, -0.15) is 0 Å². The quantitative estimate of drug-likeness (QED) is 0.660.